The lowest BCUT2D eigenvalue weighted by atomic mass is 10.3. The summed E-state index contributed by atoms with van der Waals surface area (Å²) < 4.78 is 20.1. The maximum atomic E-state index is 13.1. The lowest BCUT2D eigenvalue weighted by molar-refractivity contribution is 0.0521. The Morgan fingerprint density at radius 1 is 0.622 bits per heavy atom. The van der Waals surface area contributed by atoms with Crippen LogP contribution in [0.2, 0.25) is 0 Å². The van der Waals surface area contributed by atoms with E-state index in [-0.39, 0.29) is 53.5 Å². The van der Waals surface area contributed by atoms with Crippen LogP contribution in [-0.4, -0.2) is 105 Å². The molecule has 0 spiro atoms. The first kappa shape index (κ1) is 52.2. The highest BCUT2D eigenvalue weighted by Gasteiger charge is 2.25. The Bertz CT molecular complexity index is 3490. The maximum Gasteiger partial charge on any atom is 0.358 e. The molecule has 9 aromatic rings. The molecular weight excluding hydrogens is 1010 g/mol. The van der Waals surface area contributed by atoms with E-state index in [0.29, 0.717) is 56.6 Å². The number of nitrogens with one attached hydrogen (secondary N) is 6. The third-order valence-electron chi connectivity index (χ3n) is 10.9. The van der Waals surface area contributed by atoms with Crippen LogP contribution >= 0.6 is 34.0 Å². The van der Waals surface area contributed by atoms with Gasteiger partial charge in [-0.1, -0.05) is 18.2 Å². The number of rotatable bonds is 13. The molecule has 2 fully saturated rings. The molecule has 382 valence electrons. The topological polar surface area (TPSA) is 288 Å². The maximum absolute atomic E-state index is 13.1. The molecule has 9 aromatic heterocycles. The molecule has 2 aliphatic rings. The van der Waals surface area contributed by atoms with E-state index in [1.807, 2.05) is 27.8 Å². The van der Waals surface area contributed by atoms with Gasteiger partial charge in [0.25, 0.3) is 5.91 Å². The lowest BCUT2D eigenvalue weighted by Gasteiger charge is -2.15. The van der Waals surface area contributed by atoms with Gasteiger partial charge in [0.1, 0.15) is 0 Å². The van der Waals surface area contributed by atoms with Gasteiger partial charge in [-0.15, -0.1) is 34.0 Å². The Morgan fingerprint density at radius 2 is 1.11 bits per heavy atom. The quantitative estimate of drug-likeness (QED) is 0.0440. The molecule has 7 N–H and O–H groups in total. The summed E-state index contributed by atoms with van der Waals surface area (Å²) in [5.41, 5.74) is 4.18. The number of nitrogens with zero attached hydrogens (tertiary/aromatic N) is 8. The smallest absolute Gasteiger partial charge is 0.358 e. The number of esters is 1. The monoisotopic (exact) mass is 1060 g/mol. The number of carboxylic acid groups (broad SMARTS) is 1. The molecule has 2 aliphatic heterocycles. The molecule has 0 saturated carbocycles. The molecule has 2 saturated heterocycles. The van der Waals surface area contributed by atoms with Gasteiger partial charge in [-0.05, 0) is 104 Å². The molecule has 0 aliphatic carbocycles. The van der Waals surface area contributed by atoms with Crippen LogP contribution in [0.5, 0.6) is 0 Å². The second-order valence-electron chi connectivity index (χ2n) is 16.2. The van der Waals surface area contributed by atoms with Crippen molar-refractivity contribution in [3.63, 3.8) is 0 Å². The molecule has 74 heavy (non-hydrogen) atoms. The van der Waals surface area contributed by atoms with Crippen LogP contribution in [0.1, 0.15) is 81.2 Å². The number of fused-ring (bicyclic) bond motifs is 3. The van der Waals surface area contributed by atoms with E-state index in [0.717, 1.165) is 41.8 Å². The van der Waals surface area contributed by atoms with Crippen LogP contribution in [0.15, 0.2) is 98.5 Å². The second kappa shape index (κ2) is 25.5. The highest BCUT2D eigenvalue weighted by Crippen LogP contribution is 2.27. The number of thiophene rings is 3. The van der Waals surface area contributed by atoms with Gasteiger partial charge in [0.15, 0.2) is 17.1 Å². The number of halogens is 1. The average Bonchev–Trinajstić information content (AvgIpc) is 4.27. The normalized spacial score (nSPS) is 12.8. The second-order valence-corrected chi connectivity index (χ2v) is 18.9. The van der Waals surface area contributed by atoms with Gasteiger partial charge >= 0.3 is 11.9 Å². The lowest BCUT2D eigenvalue weighted by Crippen LogP contribution is -2.28. The summed E-state index contributed by atoms with van der Waals surface area (Å²) in [4.78, 5) is 95.4. The van der Waals surface area contributed by atoms with E-state index in [9.17, 15) is 33.5 Å². The largest absolute Gasteiger partial charge is 0.476 e. The first-order valence-electron chi connectivity index (χ1n) is 23.4. The fraction of sp³-hybridized carbons (Fsp3) is 0.265. The number of ether oxygens (including phenoxy) is 1. The first-order chi connectivity index (χ1) is 36.0. The van der Waals surface area contributed by atoms with Gasteiger partial charge in [-0.3, -0.25) is 14.4 Å². The number of likely N-dealkylation sites (tertiary alicyclic amines) is 1. The Balaban J connectivity index is 0.000000141. The summed E-state index contributed by atoms with van der Waals surface area (Å²) in [6.45, 7) is 6.99. The molecule has 0 atom stereocenters. The number of hydrogen-bond donors (Lipinski definition) is 7. The van der Waals surface area contributed by atoms with E-state index in [2.05, 4.69) is 66.1 Å². The Labute approximate surface area is 432 Å². The van der Waals surface area contributed by atoms with Crippen molar-refractivity contribution < 1.29 is 28.6 Å². The number of anilines is 3. The van der Waals surface area contributed by atoms with Gasteiger partial charge in [0, 0.05) is 36.6 Å². The molecule has 1 amide bonds. The van der Waals surface area contributed by atoms with E-state index >= 15 is 0 Å². The summed E-state index contributed by atoms with van der Waals surface area (Å²) in [5.74, 6) is -1.31. The van der Waals surface area contributed by atoms with Crippen LogP contribution in [-0.2, 0) is 24.4 Å². The summed E-state index contributed by atoms with van der Waals surface area (Å²) in [5, 5.41) is 26.9. The number of carboxylic acids is 1. The van der Waals surface area contributed by atoms with Crippen LogP contribution in [0.4, 0.5) is 22.2 Å². The minimum atomic E-state index is -1.10. The number of H-pyrrole nitrogens is 2. The summed E-state index contributed by atoms with van der Waals surface area (Å²) in [6, 6.07) is 19.7. The fourth-order valence-corrected chi connectivity index (χ4v) is 9.84. The molecule has 0 unspecified atom stereocenters. The average molecular weight is 1060 g/mol. The predicted octanol–water partition coefficient (Wildman–Crippen LogP) is 7.30. The van der Waals surface area contributed by atoms with Crippen LogP contribution < -0.4 is 32.4 Å². The van der Waals surface area contributed by atoms with E-state index < -0.39 is 17.9 Å². The molecule has 21 nitrogen and oxygen atoms in total. The zero-order chi connectivity index (χ0) is 51.8. The van der Waals surface area contributed by atoms with Crippen molar-refractivity contribution in [2.45, 2.75) is 52.2 Å². The Hall–Kier alpha value is -8.13. The van der Waals surface area contributed by atoms with Gasteiger partial charge in [0.2, 0.25) is 34.9 Å². The first-order valence-corrected chi connectivity index (χ1v) is 26.0. The minimum Gasteiger partial charge on any atom is -0.476 e. The highest BCUT2D eigenvalue weighted by atomic mass is 32.1. The van der Waals surface area contributed by atoms with Crippen LogP contribution in [0.25, 0.3) is 30.6 Å². The number of pyridine rings is 3. The zero-order valence-electron chi connectivity index (χ0n) is 39.7. The SMILES string of the molecule is C1CCNC1.CCOC(=O)c1nc(NCc2cccc(F)n2)nc2ccsc12.O=C(O)c1nc(NCc2cccc(=O)[nH]2)nc2ccsc12.O=C(c1nc(NCc2cccc(=O)[nH]2)nc2ccsc12)N1CCCC1. The van der Waals surface area contributed by atoms with Crippen molar-refractivity contribution in [1.29, 1.82) is 0 Å². The zero-order valence-corrected chi connectivity index (χ0v) is 42.2. The van der Waals surface area contributed by atoms with Crippen molar-refractivity contribution in [1.82, 2.24) is 55.1 Å². The molecule has 0 aromatic carbocycles. The third kappa shape index (κ3) is 14.1. The van der Waals surface area contributed by atoms with Gasteiger partial charge in [-0.25, -0.2) is 44.5 Å². The molecule has 11 rings (SSSR count). The van der Waals surface area contributed by atoms with E-state index in [1.54, 1.807) is 54.8 Å². The van der Waals surface area contributed by atoms with Gasteiger partial charge in [-0.2, -0.15) is 4.39 Å². The number of amides is 1. The molecule has 25 heteroatoms. The van der Waals surface area contributed by atoms with E-state index in [4.69, 9.17) is 4.74 Å². The predicted molar refractivity (Wildman–Crippen MR) is 283 cm³/mol. The fourth-order valence-electron chi connectivity index (χ4n) is 7.41. The van der Waals surface area contributed by atoms with Crippen molar-refractivity contribution in [3.8, 4) is 0 Å². The minimum absolute atomic E-state index is 0.0287. The summed E-state index contributed by atoms with van der Waals surface area (Å²) in [7, 11) is 0. The molecule has 11 heterocycles. The number of aromatic carboxylic acids is 1. The van der Waals surface area contributed by atoms with Crippen molar-refractivity contribution in [3.05, 3.63) is 150 Å². The van der Waals surface area contributed by atoms with Crippen molar-refractivity contribution in [2.24, 2.45) is 0 Å². The van der Waals surface area contributed by atoms with Crippen LogP contribution in [0, 0.1) is 5.95 Å². The van der Waals surface area contributed by atoms with E-state index in [1.165, 1.54) is 78.1 Å². The number of carbonyl (C=O) groups is 3. The highest BCUT2D eigenvalue weighted by molar-refractivity contribution is 7.18. The van der Waals surface area contributed by atoms with Crippen molar-refractivity contribution in [2.75, 3.05) is 48.7 Å². The summed E-state index contributed by atoms with van der Waals surface area (Å²) >= 11 is 4.14. The van der Waals surface area contributed by atoms with Gasteiger partial charge in [0.05, 0.1) is 62.6 Å². The third-order valence-corrected chi connectivity index (χ3v) is 13.6. The number of aromatic amines is 2. The Kier molecular flexibility index (Phi) is 18.0. The number of hydrogen-bond acceptors (Lipinski definition) is 20. The number of carbonyl (C=O) groups excluding carboxylic acids is 2. The molecular formula is C49H49FN14O7S3. The Morgan fingerprint density at radius 3 is 1.59 bits per heavy atom. The molecule has 0 radical (unpaired) electrons. The van der Waals surface area contributed by atoms with Crippen LogP contribution in [0.3, 0.4) is 0 Å². The summed E-state index contributed by atoms with van der Waals surface area (Å²) in [6.07, 6.45) is 4.85. The standard InChI is InChI=1S/C17H17N5O2S.C15H13FN4O2S.C13H10N4O3S.C4H9N/c23-13-5-3-4-11(19-13)10-18-17-20-12-6-9-25-15(12)14(21-17)16(24)22-7-1-2-8-22;1-2-22-14(21)12-13-10(6-7-23-13)19-15(20-12)17-8-9-4-3-5-11(16)18-9;18-9-3-1-2-7(15-9)6-14-13-16-8-4-5-21-11(8)10(17-13)12(19)20;1-2-4-5-3-1/h3-6,9H,1-2,7-8,10H2,(H,19,23)(H,18,20,21);3-7H,2,8H2,1H3,(H,17,19,20);1-5H,6H2,(H,15,18)(H,19,20)(H,14,16,17);5H,1-4H2. The molecule has 0 bridgehead atoms. The van der Waals surface area contributed by atoms with Gasteiger partial charge < -0.3 is 46.0 Å². The van der Waals surface area contributed by atoms with Crippen molar-refractivity contribution >= 4 is 100 Å². The number of aromatic nitrogens is 9.